The molecule has 7 heteroatoms. The minimum absolute atomic E-state index is 0.0616. The van der Waals surface area contributed by atoms with E-state index >= 15 is 0 Å². The van der Waals surface area contributed by atoms with Crippen LogP contribution < -0.4 is 10.2 Å². The summed E-state index contributed by atoms with van der Waals surface area (Å²) in [4.78, 5) is 38.9. The molecule has 1 atom stereocenters. The van der Waals surface area contributed by atoms with E-state index in [0.717, 1.165) is 53.4 Å². The van der Waals surface area contributed by atoms with E-state index in [1.165, 1.54) is 0 Å². The van der Waals surface area contributed by atoms with Crippen molar-refractivity contribution in [1.29, 1.82) is 0 Å². The molecule has 0 spiro atoms. The molecule has 2 aliphatic rings. The Morgan fingerprint density at radius 1 is 1.17 bits per heavy atom. The predicted octanol–water partition coefficient (Wildman–Crippen LogP) is 3.26. The number of amides is 4. The fraction of sp³-hybridized carbons (Fsp3) is 0.348. The highest BCUT2D eigenvalue weighted by atomic mass is 16.5. The van der Waals surface area contributed by atoms with Crippen LogP contribution in [0.1, 0.15) is 35.4 Å². The molecule has 2 fully saturated rings. The molecule has 3 heterocycles. The van der Waals surface area contributed by atoms with Crippen molar-refractivity contribution < 1.29 is 19.1 Å². The van der Waals surface area contributed by atoms with Crippen LogP contribution in [0.2, 0.25) is 0 Å². The molecule has 0 radical (unpaired) electrons. The molecule has 156 valence electrons. The van der Waals surface area contributed by atoms with Crippen molar-refractivity contribution in [2.45, 2.75) is 46.3 Å². The van der Waals surface area contributed by atoms with Crippen LogP contribution in [-0.2, 0) is 20.9 Å². The van der Waals surface area contributed by atoms with Crippen LogP contribution in [0.15, 0.2) is 35.9 Å². The molecule has 1 aromatic carbocycles. The number of imide groups is 2. The minimum atomic E-state index is -0.739. The van der Waals surface area contributed by atoms with E-state index in [-0.39, 0.29) is 11.7 Å². The molecular weight excluding hydrogens is 382 g/mol. The minimum Gasteiger partial charge on any atom is -0.376 e. The lowest BCUT2D eigenvalue weighted by atomic mass is 10.1. The molecule has 0 saturated carbocycles. The first kappa shape index (κ1) is 20.1. The summed E-state index contributed by atoms with van der Waals surface area (Å²) in [6.45, 7) is 7.37. The SMILES string of the molecule is Cc1cccc(N2C(=O)NC(=O)/C(=C\c3cc(C)n(C[C@H]4CCCO4)c3C)C2=O)c1. The summed E-state index contributed by atoms with van der Waals surface area (Å²) in [5.74, 6) is -1.31. The molecule has 0 bridgehead atoms. The van der Waals surface area contributed by atoms with Crippen molar-refractivity contribution in [3.05, 3.63) is 58.4 Å². The lowest BCUT2D eigenvalue weighted by molar-refractivity contribution is -0.122. The topological polar surface area (TPSA) is 80.6 Å². The normalized spacial score (nSPS) is 20.9. The number of hydrogen-bond acceptors (Lipinski definition) is 4. The Bertz CT molecular complexity index is 1060. The molecule has 4 amide bonds. The number of anilines is 1. The second kappa shape index (κ2) is 7.91. The van der Waals surface area contributed by atoms with Crippen LogP contribution in [0.25, 0.3) is 6.08 Å². The Balaban J connectivity index is 1.67. The first-order valence-electron chi connectivity index (χ1n) is 10.1. The van der Waals surface area contributed by atoms with Gasteiger partial charge in [-0.15, -0.1) is 0 Å². The zero-order valence-corrected chi connectivity index (χ0v) is 17.4. The fourth-order valence-electron chi connectivity index (χ4n) is 4.06. The van der Waals surface area contributed by atoms with Crippen molar-refractivity contribution in [3.8, 4) is 0 Å². The van der Waals surface area contributed by atoms with Gasteiger partial charge in [0.25, 0.3) is 11.8 Å². The van der Waals surface area contributed by atoms with Gasteiger partial charge < -0.3 is 9.30 Å². The summed E-state index contributed by atoms with van der Waals surface area (Å²) in [6.07, 6.45) is 3.85. The van der Waals surface area contributed by atoms with Crippen molar-refractivity contribution >= 4 is 29.6 Å². The number of nitrogens with zero attached hydrogens (tertiary/aromatic N) is 2. The Morgan fingerprint density at radius 3 is 2.67 bits per heavy atom. The van der Waals surface area contributed by atoms with E-state index in [1.54, 1.807) is 24.3 Å². The summed E-state index contributed by atoms with van der Waals surface area (Å²) >= 11 is 0. The molecule has 0 aliphatic carbocycles. The number of hydrogen-bond donors (Lipinski definition) is 1. The van der Waals surface area contributed by atoms with Crippen LogP contribution in [-0.4, -0.2) is 35.1 Å². The number of ether oxygens (including phenoxy) is 1. The van der Waals surface area contributed by atoms with Gasteiger partial charge in [0.2, 0.25) is 0 Å². The van der Waals surface area contributed by atoms with Crippen molar-refractivity contribution in [2.75, 3.05) is 11.5 Å². The van der Waals surface area contributed by atoms with Crippen LogP contribution in [0.3, 0.4) is 0 Å². The maximum Gasteiger partial charge on any atom is 0.335 e. The monoisotopic (exact) mass is 407 g/mol. The third-order valence-electron chi connectivity index (χ3n) is 5.68. The van der Waals surface area contributed by atoms with Gasteiger partial charge in [-0.25, -0.2) is 9.69 Å². The Kier molecular flexibility index (Phi) is 5.30. The molecule has 2 aromatic rings. The van der Waals surface area contributed by atoms with Gasteiger partial charge in [-0.2, -0.15) is 0 Å². The first-order valence-corrected chi connectivity index (χ1v) is 10.1. The van der Waals surface area contributed by atoms with Gasteiger partial charge in [0.15, 0.2) is 0 Å². The van der Waals surface area contributed by atoms with E-state index in [9.17, 15) is 14.4 Å². The molecule has 0 unspecified atom stereocenters. The van der Waals surface area contributed by atoms with Gasteiger partial charge in [-0.3, -0.25) is 14.9 Å². The largest absolute Gasteiger partial charge is 0.376 e. The van der Waals surface area contributed by atoms with Crippen LogP contribution in [0.5, 0.6) is 0 Å². The number of aryl methyl sites for hydroxylation is 2. The summed E-state index contributed by atoms with van der Waals surface area (Å²) in [7, 11) is 0. The second-order valence-electron chi connectivity index (χ2n) is 7.87. The molecule has 1 N–H and O–H groups in total. The summed E-state index contributed by atoms with van der Waals surface area (Å²) in [5, 5.41) is 2.28. The van der Waals surface area contributed by atoms with Crippen molar-refractivity contribution in [1.82, 2.24) is 9.88 Å². The van der Waals surface area contributed by atoms with E-state index in [1.807, 2.05) is 32.9 Å². The third kappa shape index (κ3) is 3.68. The van der Waals surface area contributed by atoms with Gasteiger partial charge in [0.05, 0.1) is 11.8 Å². The number of aromatic nitrogens is 1. The number of rotatable bonds is 4. The highest BCUT2D eigenvalue weighted by molar-refractivity contribution is 6.39. The van der Waals surface area contributed by atoms with Crippen LogP contribution >= 0.6 is 0 Å². The van der Waals surface area contributed by atoms with Crippen molar-refractivity contribution in [3.63, 3.8) is 0 Å². The zero-order chi connectivity index (χ0) is 21.4. The molecule has 7 nitrogen and oxygen atoms in total. The Hall–Kier alpha value is -3.19. The van der Waals surface area contributed by atoms with E-state index in [4.69, 9.17) is 4.74 Å². The van der Waals surface area contributed by atoms with Crippen LogP contribution in [0, 0.1) is 20.8 Å². The molecule has 2 aliphatic heterocycles. The first-order chi connectivity index (χ1) is 14.3. The quantitative estimate of drug-likeness (QED) is 0.623. The van der Waals surface area contributed by atoms with Gasteiger partial charge in [-0.05, 0) is 69.0 Å². The van der Waals surface area contributed by atoms with Gasteiger partial charge in [-0.1, -0.05) is 12.1 Å². The molecular formula is C23H25N3O4. The van der Waals surface area contributed by atoms with Gasteiger partial charge in [0, 0.05) is 24.5 Å². The molecule has 30 heavy (non-hydrogen) atoms. The van der Waals surface area contributed by atoms with Crippen molar-refractivity contribution in [2.24, 2.45) is 0 Å². The smallest absolute Gasteiger partial charge is 0.335 e. The molecule has 2 saturated heterocycles. The van der Waals surface area contributed by atoms with E-state index in [2.05, 4.69) is 9.88 Å². The van der Waals surface area contributed by atoms with Gasteiger partial charge >= 0.3 is 6.03 Å². The number of carbonyl (C=O) groups excluding carboxylic acids is 3. The average Bonchev–Trinajstić information content (AvgIpc) is 3.29. The average molecular weight is 407 g/mol. The molecule has 1 aromatic heterocycles. The highest BCUT2D eigenvalue weighted by Crippen LogP contribution is 2.25. The summed E-state index contributed by atoms with van der Waals surface area (Å²) in [5.41, 5.74) is 4.05. The zero-order valence-electron chi connectivity index (χ0n) is 17.4. The Morgan fingerprint density at radius 2 is 1.97 bits per heavy atom. The number of barbiturate groups is 1. The molecule has 4 rings (SSSR count). The standard InChI is InChI=1S/C23H25N3O4/c1-14-6-4-7-18(10-14)26-22(28)20(21(27)24-23(26)29)12-17-11-15(2)25(16(17)3)13-19-8-5-9-30-19/h4,6-7,10-12,19H,5,8-9,13H2,1-3H3,(H,24,27,29)/b20-12+/t19-/m1/s1. The highest BCUT2D eigenvalue weighted by Gasteiger charge is 2.37. The number of urea groups is 1. The summed E-state index contributed by atoms with van der Waals surface area (Å²) in [6, 6.07) is 8.26. The maximum atomic E-state index is 13.1. The number of benzene rings is 1. The predicted molar refractivity (Wildman–Crippen MR) is 113 cm³/mol. The van der Waals surface area contributed by atoms with Crippen LogP contribution in [0.4, 0.5) is 10.5 Å². The second-order valence-corrected chi connectivity index (χ2v) is 7.87. The maximum absolute atomic E-state index is 13.1. The Labute approximate surface area is 175 Å². The lowest BCUT2D eigenvalue weighted by Crippen LogP contribution is -2.54. The van der Waals surface area contributed by atoms with Gasteiger partial charge in [0.1, 0.15) is 5.57 Å². The summed E-state index contributed by atoms with van der Waals surface area (Å²) < 4.78 is 7.90. The third-order valence-corrected chi connectivity index (χ3v) is 5.68. The number of nitrogens with one attached hydrogen (secondary N) is 1. The number of carbonyl (C=O) groups is 3. The van der Waals surface area contributed by atoms with E-state index < -0.39 is 17.8 Å². The van der Waals surface area contributed by atoms with E-state index in [0.29, 0.717) is 5.69 Å². The fourth-order valence-corrected chi connectivity index (χ4v) is 4.06. The lowest BCUT2D eigenvalue weighted by Gasteiger charge is -2.26.